The molecule has 27 nitrogen and oxygen atoms in total. The quantitative estimate of drug-likeness (QED) is 0.0336. The summed E-state index contributed by atoms with van der Waals surface area (Å²) in [7, 11) is 0. The number of thiocarbonyl (C=S) groups is 1. The molecule has 0 radical (unpaired) electrons. The molecule has 1 heterocycles. The van der Waals surface area contributed by atoms with Crippen LogP contribution >= 0.6 is 12.2 Å². The average molecular weight is 1320 g/mol. The summed E-state index contributed by atoms with van der Waals surface area (Å²) < 4.78 is 13.7. The van der Waals surface area contributed by atoms with Crippen LogP contribution in [-0.4, -0.2) is 229 Å². The molecule has 0 aromatic heterocycles. The minimum atomic E-state index is -1.57. The number of nitrogens with one attached hydrogen (secondary N) is 6. The first-order valence-corrected chi connectivity index (χ1v) is 26.3. The third-order valence-corrected chi connectivity index (χ3v) is 12.9. The van der Waals surface area contributed by atoms with Gasteiger partial charge in [0.25, 0.3) is 0 Å². The number of rotatable bonds is 33. The summed E-state index contributed by atoms with van der Waals surface area (Å²) in [5.41, 5.74) is 1.99. The number of benzene rings is 2. The van der Waals surface area contributed by atoms with Crippen LogP contribution in [0.3, 0.4) is 0 Å². The SMILES string of the molecule is O=C(O)CC[C@H](NC(=O)N[C@@H](CCCCNC(=O)[C@H](Cc1ccc(F)cc1)NC(=O)CCCCCNC(=S)Nc1ccc(CC2CN(CC(=O)O)CCN(CC(=O)O)CCN(CC(=O)O)CCN2CC(=O)O)cc1)C(=O)O)C(=O)O.[Lu+3]. The molecular formula is C51H73FLuN10O17S+3. The maximum atomic E-state index is 13.7. The average Bonchev–Trinajstić information content (AvgIpc) is 3.39. The van der Waals surface area contributed by atoms with Crippen molar-refractivity contribution < 1.29 is 125 Å². The van der Waals surface area contributed by atoms with Gasteiger partial charge in [-0.25, -0.2) is 18.8 Å². The molecule has 1 aliphatic heterocycles. The van der Waals surface area contributed by atoms with Crippen LogP contribution in [0.4, 0.5) is 14.9 Å². The maximum Gasteiger partial charge on any atom is 3.00 e. The fourth-order valence-electron chi connectivity index (χ4n) is 8.60. The van der Waals surface area contributed by atoms with Crippen LogP contribution < -0.4 is 31.9 Å². The van der Waals surface area contributed by atoms with Gasteiger partial charge in [0.05, 0.1) is 26.2 Å². The number of aliphatic carboxylic acids is 7. The summed E-state index contributed by atoms with van der Waals surface area (Å²) in [6.45, 7) is 0.169. The molecule has 2 aromatic carbocycles. The Kier molecular flexibility index (Phi) is 33.5. The van der Waals surface area contributed by atoms with Crippen LogP contribution in [0.5, 0.6) is 0 Å². The number of urea groups is 1. The molecule has 454 valence electrons. The van der Waals surface area contributed by atoms with E-state index in [1.54, 1.807) is 31.7 Å². The Morgan fingerprint density at radius 2 is 1.05 bits per heavy atom. The van der Waals surface area contributed by atoms with Gasteiger partial charge in [-0.2, -0.15) is 0 Å². The Balaban J connectivity index is 0.0000224. The molecule has 0 bridgehead atoms. The number of anilines is 1. The molecule has 1 unspecified atom stereocenters. The number of carboxylic acid groups (broad SMARTS) is 7. The Morgan fingerprint density at radius 3 is 1.60 bits per heavy atom. The van der Waals surface area contributed by atoms with E-state index in [0.29, 0.717) is 42.2 Å². The number of amides is 4. The monoisotopic (exact) mass is 1320 g/mol. The van der Waals surface area contributed by atoms with E-state index in [0.717, 1.165) is 5.56 Å². The van der Waals surface area contributed by atoms with Crippen molar-refractivity contribution >= 4 is 82.6 Å². The predicted octanol–water partition coefficient (Wildman–Crippen LogP) is 0.228. The Labute approximate surface area is 501 Å². The molecule has 0 saturated carbocycles. The van der Waals surface area contributed by atoms with E-state index in [1.165, 1.54) is 24.3 Å². The minimum Gasteiger partial charge on any atom is -0.481 e. The van der Waals surface area contributed by atoms with Gasteiger partial charge in [0.15, 0.2) is 5.11 Å². The molecule has 1 fully saturated rings. The molecule has 1 aliphatic rings. The van der Waals surface area contributed by atoms with E-state index in [2.05, 4.69) is 31.9 Å². The van der Waals surface area contributed by atoms with E-state index < -0.39 is 109 Å². The molecule has 4 amide bonds. The molecule has 81 heavy (non-hydrogen) atoms. The Hall–Kier alpha value is -6.37. The molecule has 13 N–H and O–H groups in total. The number of hydrogen-bond donors (Lipinski definition) is 13. The number of nitrogens with zero attached hydrogens (tertiary/aromatic N) is 4. The van der Waals surface area contributed by atoms with Crippen LogP contribution in [0.1, 0.15) is 68.9 Å². The fraction of sp³-hybridized carbons (Fsp3) is 0.549. The van der Waals surface area contributed by atoms with Gasteiger partial charge in [-0.3, -0.25) is 53.2 Å². The van der Waals surface area contributed by atoms with Crippen molar-refractivity contribution in [3.05, 3.63) is 65.5 Å². The van der Waals surface area contributed by atoms with Crippen LogP contribution in [0, 0.1) is 42.7 Å². The van der Waals surface area contributed by atoms with Crippen molar-refractivity contribution in [2.24, 2.45) is 0 Å². The van der Waals surface area contributed by atoms with Gasteiger partial charge in [0, 0.05) is 89.9 Å². The molecule has 4 atom stereocenters. The van der Waals surface area contributed by atoms with Gasteiger partial charge >= 0.3 is 84.7 Å². The Bertz CT molecular complexity index is 2420. The van der Waals surface area contributed by atoms with Gasteiger partial charge in [-0.1, -0.05) is 30.7 Å². The molecular weight excluding hydrogens is 1250 g/mol. The van der Waals surface area contributed by atoms with Crippen LogP contribution in [-0.2, 0) is 56.0 Å². The van der Waals surface area contributed by atoms with Gasteiger partial charge in [0.1, 0.15) is 23.9 Å². The summed E-state index contributed by atoms with van der Waals surface area (Å²) >= 11 is 5.50. The van der Waals surface area contributed by atoms with E-state index in [1.807, 2.05) is 12.1 Å². The number of hydrogen-bond acceptors (Lipinski definition) is 15. The van der Waals surface area contributed by atoms with Gasteiger partial charge < -0.3 is 67.6 Å². The summed E-state index contributed by atoms with van der Waals surface area (Å²) in [6, 6.07) is 6.88. The normalized spacial score (nSPS) is 15.8. The van der Waals surface area contributed by atoms with Crippen LogP contribution in [0.25, 0.3) is 0 Å². The van der Waals surface area contributed by atoms with Gasteiger partial charge in [-0.15, -0.1) is 0 Å². The van der Waals surface area contributed by atoms with Crippen molar-refractivity contribution in [1.29, 1.82) is 0 Å². The number of carbonyl (C=O) groups excluding carboxylic acids is 3. The zero-order chi connectivity index (χ0) is 59.1. The second-order valence-electron chi connectivity index (χ2n) is 19.1. The molecule has 0 aliphatic carbocycles. The zero-order valence-electron chi connectivity index (χ0n) is 44.4. The smallest absolute Gasteiger partial charge is 0.481 e. The maximum absolute atomic E-state index is 13.7. The van der Waals surface area contributed by atoms with Crippen molar-refractivity contribution in [3.63, 3.8) is 0 Å². The topological polar surface area (TPSA) is 397 Å². The summed E-state index contributed by atoms with van der Waals surface area (Å²) in [6.07, 6.45) is 1.45. The minimum absolute atomic E-state index is 0. The van der Waals surface area contributed by atoms with E-state index >= 15 is 0 Å². The summed E-state index contributed by atoms with van der Waals surface area (Å²) in [5, 5.41) is 82.6. The first kappa shape index (κ1) is 70.7. The molecule has 3 rings (SSSR count). The second-order valence-corrected chi connectivity index (χ2v) is 19.6. The van der Waals surface area contributed by atoms with Crippen LogP contribution in [0.15, 0.2) is 48.5 Å². The van der Waals surface area contributed by atoms with Crippen molar-refractivity contribution in [2.75, 3.05) is 90.4 Å². The number of carboxylic acids is 7. The van der Waals surface area contributed by atoms with Crippen molar-refractivity contribution in [3.8, 4) is 0 Å². The second kappa shape index (κ2) is 38.4. The molecule has 0 spiro atoms. The standard InChI is InChI=1S/C51H73FN10O17S.Lu/c52-35-12-8-34(9-13-35)27-40(47(74)53-18-5-3-6-38(48(75)76)57-50(79)58-39(49(77)78)16-17-42(64)65)56-41(63)7-2-1-4-19-54-51(80)55-36-14-10-33(11-15-36)26-37-28-61(31-45(70)71)23-22-59(29-43(66)67)20-21-60(30-44(68)69)24-25-62(37)32-46(72)73;/h8-15,37-40H,1-7,16-32H2,(H,53,74)(H,56,63)(H,64,65)(H,66,67)(H,68,69)(H,70,71)(H,72,73)(H,75,76)(H,77,78)(H2,54,55,80)(H2,57,58,79);/q;+3/t37?,38-,39-,40-;/m0./s1. The molecule has 2 aromatic rings. The fourth-order valence-corrected chi connectivity index (χ4v) is 8.82. The van der Waals surface area contributed by atoms with E-state index in [-0.39, 0.29) is 147 Å². The van der Waals surface area contributed by atoms with Gasteiger partial charge in [-0.05, 0) is 92.6 Å². The number of halogens is 1. The first-order chi connectivity index (χ1) is 37.9. The molecule has 1 saturated heterocycles. The zero-order valence-corrected chi connectivity index (χ0v) is 46.9. The van der Waals surface area contributed by atoms with E-state index in [4.69, 9.17) is 17.3 Å². The number of unbranched alkanes of at least 4 members (excludes halogenated alkanes) is 3. The Morgan fingerprint density at radius 1 is 0.543 bits per heavy atom. The molecule has 30 heteroatoms. The van der Waals surface area contributed by atoms with E-state index in [9.17, 15) is 83.0 Å². The summed E-state index contributed by atoms with van der Waals surface area (Å²) in [4.78, 5) is 127. The van der Waals surface area contributed by atoms with Crippen molar-refractivity contribution in [2.45, 2.75) is 94.8 Å². The third kappa shape index (κ3) is 30.9. The van der Waals surface area contributed by atoms with Crippen LogP contribution in [0.2, 0.25) is 0 Å². The number of carbonyl (C=O) groups is 10. The predicted molar refractivity (Wildman–Crippen MR) is 288 cm³/mol. The van der Waals surface area contributed by atoms with Crippen molar-refractivity contribution in [1.82, 2.24) is 46.2 Å². The largest absolute Gasteiger partial charge is 3.00 e. The first-order valence-electron chi connectivity index (χ1n) is 25.9. The summed E-state index contributed by atoms with van der Waals surface area (Å²) in [5.74, 6) is -10.1. The third-order valence-electron chi connectivity index (χ3n) is 12.7. The van der Waals surface area contributed by atoms with Gasteiger partial charge in [0.2, 0.25) is 11.8 Å².